The minimum Gasteiger partial charge on any atom is -0.294 e. The van der Waals surface area contributed by atoms with Gasteiger partial charge < -0.3 is 0 Å². The van der Waals surface area contributed by atoms with Crippen molar-refractivity contribution in [1.82, 2.24) is 4.63 Å². The third kappa shape index (κ3) is 4.19. The first-order valence-corrected chi connectivity index (χ1v) is 12.7. The molecule has 4 nitrogen and oxygen atoms in total. The van der Waals surface area contributed by atoms with Crippen molar-refractivity contribution in [3.05, 3.63) is 11.6 Å². The SMILES string of the molecule is CC.CC(C)C1CCC2C3CC=C4CC(OSN(O)O)CCC4(C)C3CCC12C. The van der Waals surface area contributed by atoms with E-state index in [4.69, 9.17) is 14.6 Å². The lowest BCUT2D eigenvalue weighted by molar-refractivity contribution is -0.222. The van der Waals surface area contributed by atoms with Crippen molar-refractivity contribution in [2.24, 2.45) is 40.4 Å². The Bertz CT molecular complexity index is 595. The van der Waals surface area contributed by atoms with Crippen molar-refractivity contribution in [1.29, 1.82) is 0 Å². The number of fused-ring (bicyclic) bond motifs is 5. The molecule has 3 saturated carbocycles. The van der Waals surface area contributed by atoms with Gasteiger partial charge in [-0.1, -0.05) is 53.2 Å². The Morgan fingerprint density at radius 1 is 1.07 bits per heavy atom. The molecule has 29 heavy (non-hydrogen) atoms. The molecule has 0 amide bonds. The summed E-state index contributed by atoms with van der Waals surface area (Å²) >= 11 is 0.631. The third-order valence-electron chi connectivity index (χ3n) is 9.18. The number of allylic oxidation sites excluding steroid dienone is 1. The Morgan fingerprint density at radius 2 is 1.79 bits per heavy atom. The van der Waals surface area contributed by atoms with Gasteiger partial charge in [-0.05, 0) is 91.8 Å². The molecule has 0 radical (unpaired) electrons. The van der Waals surface area contributed by atoms with Gasteiger partial charge in [-0.3, -0.25) is 14.6 Å². The molecule has 0 aliphatic heterocycles. The molecular weight excluding hydrogens is 382 g/mol. The Balaban J connectivity index is 0.00000117. The van der Waals surface area contributed by atoms with Crippen LogP contribution < -0.4 is 0 Å². The Hall–Kier alpha value is -0.0700. The highest BCUT2D eigenvalue weighted by Crippen LogP contribution is 2.67. The minimum atomic E-state index is 0.0618. The molecule has 0 spiro atoms. The molecule has 0 aromatic heterocycles. The zero-order chi connectivity index (χ0) is 21.4. The predicted octanol–water partition coefficient (Wildman–Crippen LogP) is 7.28. The highest BCUT2D eigenvalue weighted by Gasteiger charge is 2.58. The normalized spacial score (nSPS) is 43.8. The van der Waals surface area contributed by atoms with E-state index in [0.29, 0.717) is 23.1 Å². The molecule has 0 aromatic rings. The van der Waals surface area contributed by atoms with Crippen LogP contribution in [0.5, 0.6) is 0 Å². The standard InChI is InChI=1S/C22H37NO3S.C2H6/c1-14(2)18-7-8-19-17-6-5-15-13-16(26-27-23(24)25)9-11-21(15,3)20(17)10-12-22(18,19)4;1-2/h5,14,16-20,24-25H,6-13H2,1-4H3;1-2H3. The van der Waals surface area contributed by atoms with Crippen LogP contribution in [0.1, 0.15) is 92.9 Å². The van der Waals surface area contributed by atoms with Gasteiger partial charge in [-0.2, -0.15) is 0 Å². The van der Waals surface area contributed by atoms with Gasteiger partial charge in [0.25, 0.3) is 0 Å². The van der Waals surface area contributed by atoms with E-state index in [1.165, 1.54) is 38.5 Å². The van der Waals surface area contributed by atoms with Crippen molar-refractivity contribution < 1.29 is 14.6 Å². The number of hydrogen-bond donors (Lipinski definition) is 2. The van der Waals surface area contributed by atoms with Crippen LogP contribution in [0.15, 0.2) is 11.6 Å². The van der Waals surface area contributed by atoms with E-state index in [1.807, 2.05) is 13.8 Å². The zero-order valence-electron chi connectivity index (χ0n) is 19.4. The lowest BCUT2D eigenvalue weighted by Gasteiger charge is -2.58. The summed E-state index contributed by atoms with van der Waals surface area (Å²) in [7, 11) is 0. The monoisotopic (exact) mass is 425 g/mol. The topological polar surface area (TPSA) is 52.9 Å². The molecule has 0 bridgehead atoms. The van der Waals surface area contributed by atoms with Crippen LogP contribution in [0, 0.1) is 40.4 Å². The average Bonchev–Trinajstić information content (AvgIpc) is 3.05. The summed E-state index contributed by atoms with van der Waals surface area (Å²) < 4.78 is 5.66. The second-order valence-electron chi connectivity index (χ2n) is 10.5. The smallest absolute Gasteiger partial charge is 0.139 e. The summed E-state index contributed by atoms with van der Waals surface area (Å²) in [6, 6.07) is 0. The maximum absolute atomic E-state index is 8.90. The van der Waals surface area contributed by atoms with E-state index in [-0.39, 0.29) is 10.7 Å². The molecule has 7 unspecified atom stereocenters. The van der Waals surface area contributed by atoms with Crippen molar-refractivity contribution in [2.75, 3.05) is 0 Å². The molecule has 5 heteroatoms. The Labute approximate surface area is 182 Å². The fourth-order valence-electron chi connectivity index (χ4n) is 7.94. The lowest BCUT2D eigenvalue weighted by Crippen LogP contribution is -2.50. The van der Waals surface area contributed by atoms with Crippen molar-refractivity contribution in [3.63, 3.8) is 0 Å². The quantitative estimate of drug-likeness (QED) is 0.214. The van der Waals surface area contributed by atoms with E-state index < -0.39 is 0 Å². The molecule has 4 rings (SSSR count). The first kappa shape index (κ1) is 23.6. The predicted molar refractivity (Wildman–Crippen MR) is 119 cm³/mol. The summed E-state index contributed by atoms with van der Waals surface area (Å²) in [5.41, 5.74) is 2.45. The van der Waals surface area contributed by atoms with Crippen LogP contribution in [0.3, 0.4) is 0 Å². The lowest BCUT2D eigenvalue weighted by atomic mass is 9.47. The van der Waals surface area contributed by atoms with Gasteiger partial charge in [0.1, 0.15) is 12.2 Å². The Morgan fingerprint density at radius 3 is 2.45 bits per heavy atom. The van der Waals surface area contributed by atoms with Crippen LogP contribution >= 0.6 is 12.2 Å². The molecular formula is C24H43NO3S. The summed E-state index contributed by atoms with van der Waals surface area (Å²) in [6.07, 6.45) is 12.6. The van der Waals surface area contributed by atoms with Gasteiger partial charge in [0.2, 0.25) is 0 Å². The molecule has 0 saturated heterocycles. The van der Waals surface area contributed by atoms with Gasteiger partial charge in [0, 0.05) is 4.63 Å². The molecule has 4 aliphatic rings. The van der Waals surface area contributed by atoms with Gasteiger partial charge in [0.15, 0.2) is 0 Å². The van der Waals surface area contributed by atoms with Crippen molar-refractivity contribution >= 4 is 12.2 Å². The molecule has 168 valence electrons. The van der Waals surface area contributed by atoms with Crippen molar-refractivity contribution in [3.8, 4) is 0 Å². The van der Waals surface area contributed by atoms with E-state index in [1.54, 1.807) is 5.57 Å². The largest absolute Gasteiger partial charge is 0.294 e. The fourth-order valence-corrected chi connectivity index (χ4v) is 8.31. The summed E-state index contributed by atoms with van der Waals surface area (Å²) in [5.74, 6) is 4.30. The molecule has 0 aromatic carbocycles. The Kier molecular flexibility index (Phi) is 7.48. The van der Waals surface area contributed by atoms with E-state index in [0.717, 1.165) is 42.4 Å². The number of hydrogen-bond acceptors (Lipinski definition) is 5. The molecule has 3 fully saturated rings. The van der Waals surface area contributed by atoms with E-state index in [9.17, 15) is 0 Å². The number of nitrogens with zero attached hydrogens (tertiary/aromatic N) is 1. The van der Waals surface area contributed by atoms with Crippen LogP contribution in [0.4, 0.5) is 0 Å². The zero-order valence-corrected chi connectivity index (χ0v) is 20.2. The maximum atomic E-state index is 8.90. The second-order valence-corrected chi connectivity index (χ2v) is 11.2. The molecule has 7 atom stereocenters. The first-order chi connectivity index (χ1) is 13.8. The minimum absolute atomic E-state index is 0.0618. The summed E-state index contributed by atoms with van der Waals surface area (Å²) in [6.45, 7) is 14.0. The van der Waals surface area contributed by atoms with Gasteiger partial charge in [-0.25, -0.2) is 0 Å². The molecule has 2 N–H and O–H groups in total. The van der Waals surface area contributed by atoms with Gasteiger partial charge in [0.05, 0.1) is 6.10 Å². The fraction of sp³-hybridized carbons (Fsp3) is 0.917. The first-order valence-electron chi connectivity index (χ1n) is 12.0. The van der Waals surface area contributed by atoms with Crippen LogP contribution in [-0.2, 0) is 4.18 Å². The van der Waals surface area contributed by atoms with E-state index >= 15 is 0 Å². The molecule has 0 heterocycles. The van der Waals surface area contributed by atoms with Crippen molar-refractivity contribution in [2.45, 2.75) is 99.0 Å². The molecule has 4 aliphatic carbocycles. The average molecular weight is 426 g/mol. The summed E-state index contributed by atoms with van der Waals surface area (Å²) in [4.78, 5) is 0. The highest BCUT2D eigenvalue weighted by atomic mass is 32.2. The van der Waals surface area contributed by atoms with Gasteiger partial charge >= 0.3 is 0 Å². The van der Waals surface area contributed by atoms with Crippen LogP contribution in [-0.4, -0.2) is 21.2 Å². The third-order valence-corrected chi connectivity index (χ3v) is 9.67. The second kappa shape index (κ2) is 9.20. The number of rotatable bonds is 4. The summed E-state index contributed by atoms with van der Waals surface area (Å²) in [5, 5.41) is 17.8. The van der Waals surface area contributed by atoms with Gasteiger partial charge in [-0.15, -0.1) is 0 Å². The van der Waals surface area contributed by atoms with Crippen LogP contribution in [0.25, 0.3) is 0 Å². The highest BCUT2D eigenvalue weighted by molar-refractivity contribution is 7.91. The van der Waals surface area contributed by atoms with Crippen LogP contribution in [0.2, 0.25) is 0 Å². The van der Waals surface area contributed by atoms with E-state index in [2.05, 4.69) is 33.8 Å². The maximum Gasteiger partial charge on any atom is 0.139 e.